The van der Waals surface area contributed by atoms with Gasteiger partial charge in [0.2, 0.25) is 5.91 Å². The van der Waals surface area contributed by atoms with Crippen LogP contribution in [0.1, 0.15) is 18.1 Å². The molecule has 0 bridgehead atoms. The number of hydrogen-bond acceptors (Lipinski definition) is 3. The van der Waals surface area contributed by atoms with Crippen LogP contribution in [-0.4, -0.2) is 23.1 Å². The Morgan fingerprint density at radius 2 is 1.88 bits per heavy atom. The molecule has 1 atom stereocenters. The van der Waals surface area contributed by atoms with Crippen LogP contribution in [0.15, 0.2) is 42.5 Å². The first-order chi connectivity index (χ1) is 11.3. The summed E-state index contributed by atoms with van der Waals surface area (Å²) in [6.45, 7) is 3.36. The Labute approximate surface area is 145 Å². The molecular formula is C18H18ClNO4. The first kappa shape index (κ1) is 17.8. The third-order valence-electron chi connectivity index (χ3n) is 3.27. The van der Waals surface area contributed by atoms with Gasteiger partial charge in [0.1, 0.15) is 5.75 Å². The number of carboxylic acids is 1. The Bertz CT molecular complexity index is 723. The van der Waals surface area contributed by atoms with Crippen molar-refractivity contribution in [3.05, 3.63) is 58.6 Å². The van der Waals surface area contributed by atoms with Gasteiger partial charge in [0, 0.05) is 10.7 Å². The van der Waals surface area contributed by atoms with Crippen LogP contribution in [0.4, 0.5) is 5.69 Å². The van der Waals surface area contributed by atoms with Gasteiger partial charge in [0.15, 0.2) is 6.10 Å². The summed E-state index contributed by atoms with van der Waals surface area (Å²) in [5, 5.41) is 12.2. The molecule has 1 amide bonds. The molecule has 0 unspecified atom stereocenters. The van der Waals surface area contributed by atoms with E-state index in [1.54, 1.807) is 30.3 Å². The van der Waals surface area contributed by atoms with E-state index in [9.17, 15) is 9.59 Å². The molecule has 0 aliphatic rings. The summed E-state index contributed by atoms with van der Waals surface area (Å²) in [4.78, 5) is 22.8. The number of amides is 1. The van der Waals surface area contributed by atoms with E-state index < -0.39 is 12.1 Å². The van der Waals surface area contributed by atoms with Gasteiger partial charge >= 0.3 is 5.97 Å². The van der Waals surface area contributed by atoms with Gasteiger partial charge in [-0.3, -0.25) is 4.79 Å². The van der Waals surface area contributed by atoms with Crippen molar-refractivity contribution in [3.8, 4) is 5.75 Å². The van der Waals surface area contributed by atoms with Crippen molar-refractivity contribution in [3.63, 3.8) is 0 Å². The number of rotatable bonds is 6. The second-order valence-electron chi connectivity index (χ2n) is 5.48. The summed E-state index contributed by atoms with van der Waals surface area (Å²) in [6, 6.07) is 12.1. The first-order valence-electron chi connectivity index (χ1n) is 7.39. The first-order valence-corrected chi connectivity index (χ1v) is 7.77. The van der Waals surface area contributed by atoms with Crippen molar-refractivity contribution in [2.45, 2.75) is 26.4 Å². The molecule has 126 valence electrons. The lowest BCUT2D eigenvalue weighted by atomic mass is 10.1. The lowest BCUT2D eigenvalue weighted by molar-refractivity contribution is -0.144. The van der Waals surface area contributed by atoms with Gasteiger partial charge in [0.05, 0.1) is 6.42 Å². The third kappa shape index (κ3) is 5.28. The van der Waals surface area contributed by atoms with Crippen LogP contribution in [0.2, 0.25) is 5.02 Å². The average Bonchev–Trinajstić information content (AvgIpc) is 2.47. The van der Waals surface area contributed by atoms with Crippen LogP contribution in [0, 0.1) is 6.92 Å². The van der Waals surface area contributed by atoms with E-state index in [0.29, 0.717) is 16.5 Å². The van der Waals surface area contributed by atoms with Crippen molar-refractivity contribution < 1.29 is 19.4 Å². The minimum Gasteiger partial charge on any atom is -0.479 e. The molecule has 6 heteroatoms. The Hall–Kier alpha value is -2.53. The highest BCUT2D eigenvalue weighted by Gasteiger charge is 2.12. The summed E-state index contributed by atoms with van der Waals surface area (Å²) in [7, 11) is 0. The molecule has 0 saturated carbocycles. The highest BCUT2D eigenvalue weighted by atomic mass is 35.5. The molecule has 24 heavy (non-hydrogen) atoms. The number of ether oxygens (including phenoxy) is 1. The van der Waals surface area contributed by atoms with Gasteiger partial charge in [0.25, 0.3) is 0 Å². The Kier molecular flexibility index (Phi) is 5.82. The maximum absolute atomic E-state index is 12.1. The van der Waals surface area contributed by atoms with Gasteiger partial charge in [-0.15, -0.1) is 0 Å². The summed E-state index contributed by atoms with van der Waals surface area (Å²) >= 11 is 5.97. The van der Waals surface area contributed by atoms with Crippen LogP contribution >= 0.6 is 11.6 Å². The van der Waals surface area contributed by atoms with Crippen molar-refractivity contribution in [2.24, 2.45) is 0 Å². The fraction of sp³-hybridized carbons (Fsp3) is 0.222. The van der Waals surface area contributed by atoms with Crippen molar-refractivity contribution in [1.29, 1.82) is 0 Å². The Morgan fingerprint density at radius 3 is 2.46 bits per heavy atom. The predicted molar refractivity (Wildman–Crippen MR) is 92.7 cm³/mol. The molecule has 0 saturated heterocycles. The molecule has 0 fully saturated rings. The monoisotopic (exact) mass is 347 g/mol. The molecule has 0 aliphatic carbocycles. The zero-order chi connectivity index (χ0) is 17.7. The van der Waals surface area contributed by atoms with E-state index in [0.717, 1.165) is 11.1 Å². The number of carbonyl (C=O) groups excluding carboxylic acids is 1. The molecule has 0 radical (unpaired) electrons. The molecular weight excluding hydrogens is 330 g/mol. The maximum atomic E-state index is 12.1. The number of nitrogens with one attached hydrogen (secondary N) is 1. The van der Waals surface area contributed by atoms with Crippen molar-refractivity contribution >= 4 is 29.2 Å². The van der Waals surface area contributed by atoms with Gasteiger partial charge < -0.3 is 15.2 Å². The molecule has 0 heterocycles. The van der Waals surface area contributed by atoms with E-state index >= 15 is 0 Å². The number of aliphatic carboxylic acids is 1. The van der Waals surface area contributed by atoms with Gasteiger partial charge in [-0.1, -0.05) is 23.7 Å². The van der Waals surface area contributed by atoms with Crippen molar-refractivity contribution in [2.75, 3.05) is 5.32 Å². The number of hydrogen-bond donors (Lipinski definition) is 2. The van der Waals surface area contributed by atoms with E-state index in [2.05, 4.69) is 5.32 Å². The van der Waals surface area contributed by atoms with E-state index in [-0.39, 0.29) is 12.3 Å². The average molecular weight is 348 g/mol. The SMILES string of the molecule is Cc1cc(Cl)cc(NC(=O)Cc2ccc(O[C@H](C)C(=O)O)cc2)c1. The summed E-state index contributed by atoms with van der Waals surface area (Å²) in [5.74, 6) is -0.751. The quantitative estimate of drug-likeness (QED) is 0.835. The molecule has 2 N–H and O–H groups in total. The van der Waals surface area contributed by atoms with Crippen LogP contribution in [0.5, 0.6) is 5.75 Å². The number of aryl methyl sites for hydroxylation is 1. The largest absolute Gasteiger partial charge is 0.479 e. The number of halogens is 1. The standard InChI is InChI=1S/C18H18ClNO4/c1-11-7-14(19)10-15(8-11)20-17(21)9-13-3-5-16(6-4-13)24-12(2)18(22)23/h3-8,10,12H,9H2,1-2H3,(H,20,21)(H,22,23)/t12-/m1/s1. The van der Waals surface area contributed by atoms with E-state index in [1.807, 2.05) is 19.1 Å². The molecule has 2 rings (SSSR count). The Balaban J connectivity index is 1.95. The minimum atomic E-state index is -1.03. The topological polar surface area (TPSA) is 75.6 Å². The van der Waals surface area contributed by atoms with Crippen LogP contribution in [0.25, 0.3) is 0 Å². The number of carboxylic acid groups (broad SMARTS) is 1. The molecule has 2 aromatic carbocycles. The lowest BCUT2D eigenvalue weighted by Crippen LogP contribution is -2.22. The molecule has 2 aromatic rings. The number of anilines is 1. The summed E-state index contributed by atoms with van der Waals surface area (Å²) < 4.78 is 5.24. The fourth-order valence-electron chi connectivity index (χ4n) is 2.14. The number of carbonyl (C=O) groups is 2. The predicted octanol–water partition coefficient (Wildman–Crippen LogP) is 3.68. The molecule has 0 aliphatic heterocycles. The smallest absolute Gasteiger partial charge is 0.344 e. The van der Waals surface area contributed by atoms with Crippen molar-refractivity contribution in [1.82, 2.24) is 0 Å². The van der Waals surface area contributed by atoms with Gasteiger partial charge in [-0.25, -0.2) is 4.79 Å². The van der Waals surface area contributed by atoms with Crippen LogP contribution in [-0.2, 0) is 16.0 Å². The normalized spacial score (nSPS) is 11.6. The number of benzene rings is 2. The third-order valence-corrected chi connectivity index (χ3v) is 3.49. The van der Waals surface area contributed by atoms with E-state index in [1.165, 1.54) is 6.92 Å². The van der Waals surface area contributed by atoms with Crippen LogP contribution < -0.4 is 10.1 Å². The Morgan fingerprint density at radius 1 is 1.21 bits per heavy atom. The molecule has 0 aromatic heterocycles. The summed E-state index contributed by atoms with van der Waals surface area (Å²) in [6.07, 6.45) is -0.731. The highest BCUT2D eigenvalue weighted by molar-refractivity contribution is 6.31. The second kappa shape index (κ2) is 7.84. The molecule has 5 nitrogen and oxygen atoms in total. The van der Waals surface area contributed by atoms with Crippen LogP contribution in [0.3, 0.4) is 0 Å². The van der Waals surface area contributed by atoms with Gasteiger partial charge in [-0.2, -0.15) is 0 Å². The summed E-state index contributed by atoms with van der Waals surface area (Å²) in [5.41, 5.74) is 2.41. The van der Waals surface area contributed by atoms with Gasteiger partial charge in [-0.05, 0) is 55.3 Å². The fourth-order valence-corrected chi connectivity index (χ4v) is 2.43. The zero-order valence-corrected chi connectivity index (χ0v) is 14.1. The minimum absolute atomic E-state index is 0.163. The highest BCUT2D eigenvalue weighted by Crippen LogP contribution is 2.19. The zero-order valence-electron chi connectivity index (χ0n) is 13.4. The lowest BCUT2D eigenvalue weighted by Gasteiger charge is -2.11. The maximum Gasteiger partial charge on any atom is 0.344 e. The second-order valence-corrected chi connectivity index (χ2v) is 5.92. The molecule has 0 spiro atoms. The van der Waals surface area contributed by atoms with E-state index in [4.69, 9.17) is 21.4 Å².